The Kier molecular flexibility index (Phi) is 4.60. The van der Waals surface area contributed by atoms with Crippen molar-refractivity contribution in [1.29, 1.82) is 0 Å². The van der Waals surface area contributed by atoms with E-state index in [4.69, 9.17) is 0 Å². The molecule has 0 bridgehead atoms. The number of amides is 1. The van der Waals surface area contributed by atoms with Crippen LogP contribution in [0, 0.1) is 5.92 Å². The summed E-state index contributed by atoms with van der Waals surface area (Å²) in [6.45, 7) is 1.01. The molecule has 3 aliphatic rings. The maximum absolute atomic E-state index is 13.1. The van der Waals surface area contributed by atoms with E-state index in [0.717, 1.165) is 0 Å². The second-order valence-corrected chi connectivity index (χ2v) is 9.64. The van der Waals surface area contributed by atoms with Gasteiger partial charge in [-0.05, 0) is 31.7 Å². The van der Waals surface area contributed by atoms with E-state index in [1.807, 2.05) is 4.90 Å². The number of piperazine rings is 1. The van der Waals surface area contributed by atoms with Crippen LogP contribution >= 0.6 is 0 Å². The van der Waals surface area contributed by atoms with Crippen LogP contribution in [0.1, 0.15) is 25.7 Å². The zero-order valence-electron chi connectivity index (χ0n) is 14.6. The molecule has 0 radical (unpaired) electrons. The topological polar surface area (TPSA) is 104 Å². The first-order chi connectivity index (χ1) is 12.4. The van der Waals surface area contributed by atoms with E-state index in [1.54, 1.807) is 23.4 Å². The van der Waals surface area contributed by atoms with Gasteiger partial charge in [0.2, 0.25) is 11.9 Å². The van der Waals surface area contributed by atoms with E-state index in [-0.39, 0.29) is 41.5 Å². The summed E-state index contributed by atoms with van der Waals surface area (Å²) in [4.78, 5) is 25.3. The van der Waals surface area contributed by atoms with E-state index in [9.17, 15) is 18.3 Å². The third-order valence-electron chi connectivity index (χ3n) is 5.81. The molecule has 4 rings (SSSR count). The maximum atomic E-state index is 13.1. The largest absolute Gasteiger partial charge is 0.393 e. The Morgan fingerprint density at radius 2 is 1.69 bits per heavy atom. The summed E-state index contributed by atoms with van der Waals surface area (Å²) in [7, 11) is -3.21. The lowest BCUT2D eigenvalue weighted by Crippen LogP contribution is -2.62. The van der Waals surface area contributed by atoms with Gasteiger partial charge in [0.1, 0.15) is 0 Å². The third kappa shape index (κ3) is 3.29. The number of carbonyl (C=O) groups excluding carboxylic acids is 1. The Balaban J connectivity index is 1.56. The van der Waals surface area contributed by atoms with Crippen LogP contribution in [-0.2, 0) is 14.6 Å². The van der Waals surface area contributed by atoms with Crippen molar-refractivity contribution in [1.82, 2.24) is 14.9 Å². The Hall–Kier alpha value is -1.74. The molecule has 1 aliphatic carbocycles. The molecule has 2 atom stereocenters. The van der Waals surface area contributed by atoms with Crippen LogP contribution < -0.4 is 4.90 Å². The molecule has 9 heteroatoms. The lowest BCUT2D eigenvalue weighted by molar-refractivity contribution is -0.140. The molecule has 1 aromatic heterocycles. The molecule has 142 valence electrons. The van der Waals surface area contributed by atoms with Crippen LogP contribution in [0.2, 0.25) is 0 Å². The Bertz CT molecular complexity index is 764. The lowest BCUT2D eigenvalue weighted by atomic mass is 9.86. The van der Waals surface area contributed by atoms with Gasteiger partial charge in [-0.3, -0.25) is 4.79 Å². The molecule has 1 saturated carbocycles. The van der Waals surface area contributed by atoms with Gasteiger partial charge in [-0.2, -0.15) is 0 Å². The molecule has 26 heavy (non-hydrogen) atoms. The fraction of sp³-hybridized carbons (Fsp3) is 0.706. The predicted octanol–water partition coefficient (Wildman–Crippen LogP) is -0.158. The lowest BCUT2D eigenvalue weighted by Gasteiger charge is -2.45. The number of anilines is 1. The minimum Gasteiger partial charge on any atom is -0.393 e. The quantitative estimate of drug-likeness (QED) is 0.760. The van der Waals surface area contributed by atoms with E-state index in [0.29, 0.717) is 44.7 Å². The molecule has 3 heterocycles. The number of nitrogens with zero attached hydrogens (tertiary/aromatic N) is 4. The molecular formula is C17H24N4O4S. The van der Waals surface area contributed by atoms with Crippen molar-refractivity contribution in [3.8, 4) is 0 Å². The van der Waals surface area contributed by atoms with E-state index >= 15 is 0 Å². The van der Waals surface area contributed by atoms with Crippen LogP contribution in [0.15, 0.2) is 18.5 Å². The summed E-state index contributed by atoms with van der Waals surface area (Å²) < 4.78 is 24.6. The van der Waals surface area contributed by atoms with Gasteiger partial charge in [-0.25, -0.2) is 18.4 Å². The van der Waals surface area contributed by atoms with Gasteiger partial charge in [0.05, 0.1) is 29.7 Å². The van der Waals surface area contributed by atoms with Crippen molar-refractivity contribution in [3.63, 3.8) is 0 Å². The van der Waals surface area contributed by atoms with Crippen molar-refractivity contribution in [2.24, 2.45) is 5.92 Å². The number of fused-ring (bicyclic) bond motifs is 1. The summed E-state index contributed by atoms with van der Waals surface area (Å²) in [6, 6.07) is 1.08. The molecule has 2 saturated heterocycles. The molecule has 0 aromatic carbocycles. The third-order valence-corrected chi connectivity index (χ3v) is 7.51. The SMILES string of the molecule is O=C(C1CCC(O)CC1)N1CCN(c2ncccn2)[C@@H]2CS(=O)(=O)C[C@@H]21. The molecule has 2 aliphatic heterocycles. The van der Waals surface area contributed by atoms with Gasteiger partial charge in [-0.15, -0.1) is 0 Å². The first-order valence-corrected chi connectivity index (χ1v) is 11.0. The van der Waals surface area contributed by atoms with Gasteiger partial charge < -0.3 is 14.9 Å². The van der Waals surface area contributed by atoms with Gasteiger partial charge in [0.15, 0.2) is 9.84 Å². The van der Waals surface area contributed by atoms with Crippen LogP contribution in [0.25, 0.3) is 0 Å². The fourth-order valence-electron chi connectivity index (χ4n) is 4.47. The molecular weight excluding hydrogens is 356 g/mol. The number of hydrogen-bond acceptors (Lipinski definition) is 7. The van der Waals surface area contributed by atoms with Crippen molar-refractivity contribution < 1.29 is 18.3 Å². The molecule has 1 N–H and O–H groups in total. The number of carbonyl (C=O) groups is 1. The van der Waals surface area contributed by atoms with Crippen LogP contribution in [0.4, 0.5) is 5.95 Å². The first-order valence-electron chi connectivity index (χ1n) is 9.17. The smallest absolute Gasteiger partial charge is 0.226 e. The van der Waals surface area contributed by atoms with Gasteiger partial charge >= 0.3 is 0 Å². The number of aliphatic hydroxyl groups is 1. The number of aromatic nitrogens is 2. The van der Waals surface area contributed by atoms with Crippen LogP contribution in [0.5, 0.6) is 0 Å². The fourth-order valence-corrected chi connectivity index (χ4v) is 6.45. The molecule has 3 fully saturated rings. The number of hydrogen-bond donors (Lipinski definition) is 1. The minimum absolute atomic E-state index is 0.00207. The maximum Gasteiger partial charge on any atom is 0.226 e. The highest BCUT2D eigenvalue weighted by Crippen LogP contribution is 2.33. The van der Waals surface area contributed by atoms with Crippen LogP contribution in [-0.4, -0.2) is 77.1 Å². The number of rotatable bonds is 2. The van der Waals surface area contributed by atoms with Crippen molar-refractivity contribution in [2.45, 2.75) is 43.9 Å². The van der Waals surface area contributed by atoms with Crippen LogP contribution in [0.3, 0.4) is 0 Å². The summed E-state index contributed by atoms with van der Waals surface area (Å²) in [6.07, 6.45) is 5.60. The molecule has 8 nitrogen and oxygen atoms in total. The number of aliphatic hydroxyl groups excluding tert-OH is 1. The second-order valence-electron chi connectivity index (χ2n) is 7.49. The van der Waals surface area contributed by atoms with Gasteiger partial charge in [-0.1, -0.05) is 0 Å². The molecule has 0 spiro atoms. The van der Waals surface area contributed by atoms with Crippen molar-refractivity contribution >= 4 is 21.7 Å². The van der Waals surface area contributed by atoms with Crippen molar-refractivity contribution in [2.75, 3.05) is 29.5 Å². The highest BCUT2D eigenvalue weighted by molar-refractivity contribution is 7.91. The average Bonchev–Trinajstić information content (AvgIpc) is 2.96. The van der Waals surface area contributed by atoms with E-state index in [2.05, 4.69) is 9.97 Å². The second kappa shape index (κ2) is 6.77. The Morgan fingerprint density at radius 1 is 1.04 bits per heavy atom. The summed E-state index contributed by atoms with van der Waals surface area (Å²) >= 11 is 0. The standard InChI is InChI=1S/C17H24N4O4S/c22-13-4-2-12(3-5-13)16(23)20-8-9-21(17-18-6-1-7-19-17)15-11-26(24,25)10-14(15)20/h1,6-7,12-15,22H,2-5,8-11H2/t12?,13?,14-,15+/m0/s1. The normalized spacial score (nSPS) is 33.7. The zero-order valence-corrected chi connectivity index (χ0v) is 15.4. The highest BCUT2D eigenvalue weighted by atomic mass is 32.2. The monoisotopic (exact) mass is 380 g/mol. The average molecular weight is 380 g/mol. The van der Waals surface area contributed by atoms with Gasteiger partial charge in [0.25, 0.3) is 0 Å². The van der Waals surface area contributed by atoms with E-state index < -0.39 is 9.84 Å². The zero-order chi connectivity index (χ0) is 18.3. The Morgan fingerprint density at radius 3 is 2.38 bits per heavy atom. The van der Waals surface area contributed by atoms with E-state index in [1.165, 1.54) is 0 Å². The predicted molar refractivity (Wildman–Crippen MR) is 95.3 cm³/mol. The van der Waals surface area contributed by atoms with Gasteiger partial charge in [0, 0.05) is 31.4 Å². The van der Waals surface area contributed by atoms with Crippen molar-refractivity contribution in [3.05, 3.63) is 18.5 Å². The molecule has 1 amide bonds. The molecule has 1 aromatic rings. The first kappa shape index (κ1) is 17.7. The highest BCUT2D eigenvalue weighted by Gasteiger charge is 2.49. The summed E-state index contributed by atoms with van der Waals surface area (Å²) in [5.74, 6) is 0.484. The molecule has 0 unspecified atom stereocenters. The Labute approximate surface area is 153 Å². The minimum atomic E-state index is -3.21. The summed E-state index contributed by atoms with van der Waals surface area (Å²) in [5.41, 5.74) is 0. The summed E-state index contributed by atoms with van der Waals surface area (Å²) in [5, 5.41) is 9.67. The number of sulfone groups is 1.